The van der Waals surface area contributed by atoms with Crippen LogP contribution in [0.3, 0.4) is 0 Å². The maximum atomic E-state index is 14.9. The van der Waals surface area contributed by atoms with Gasteiger partial charge < -0.3 is 29.4 Å². The lowest BCUT2D eigenvalue weighted by Crippen LogP contribution is -2.64. The highest BCUT2D eigenvalue weighted by molar-refractivity contribution is 5.87. The molecule has 5 rings (SSSR count). The van der Waals surface area contributed by atoms with Crippen LogP contribution in [0.2, 0.25) is 0 Å². The lowest BCUT2D eigenvalue weighted by Gasteiger charge is -2.37. The van der Waals surface area contributed by atoms with Gasteiger partial charge in [-0.05, 0) is 47.9 Å². The van der Waals surface area contributed by atoms with Crippen molar-refractivity contribution in [3.8, 4) is 11.5 Å². The molecule has 0 radical (unpaired) electrons. The van der Waals surface area contributed by atoms with E-state index in [0.29, 0.717) is 28.2 Å². The molecule has 0 unspecified atom stereocenters. The van der Waals surface area contributed by atoms with Gasteiger partial charge in [0.15, 0.2) is 0 Å². The fraction of sp³-hybridized carbons (Fsp3) is 0.333. The molecule has 0 aliphatic carbocycles. The van der Waals surface area contributed by atoms with Crippen molar-refractivity contribution in [2.75, 3.05) is 20.8 Å². The molecule has 54 heavy (non-hydrogen) atoms. The summed E-state index contributed by atoms with van der Waals surface area (Å²) in [6.07, 6.45) is -2.55. The van der Waals surface area contributed by atoms with Crippen LogP contribution in [0.5, 0.6) is 11.5 Å². The summed E-state index contributed by atoms with van der Waals surface area (Å²) < 4.78 is 111. The summed E-state index contributed by atoms with van der Waals surface area (Å²) in [6, 6.07) is 20.2. The van der Waals surface area contributed by atoms with Gasteiger partial charge in [0.2, 0.25) is 0 Å². The third-order valence-electron chi connectivity index (χ3n) is 8.99. The van der Waals surface area contributed by atoms with Crippen LogP contribution in [0, 0.1) is 6.92 Å². The smallest absolute Gasteiger partial charge is 0.411 e. The number of aliphatic carboxylic acids is 1. The first kappa shape index (κ1) is 39.6. The maximum absolute atomic E-state index is 14.9. The number of aryl methyl sites for hydroxylation is 1. The monoisotopic (exact) mass is 765 g/mol. The number of nitrogens with zero attached hydrogens (tertiary/aromatic N) is 1. The number of amides is 1. The zero-order valence-electron chi connectivity index (χ0n) is 28.7. The Morgan fingerprint density at radius 1 is 0.852 bits per heavy atom. The number of halogens is 6. The van der Waals surface area contributed by atoms with Crippen molar-refractivity contribution in [1.82, 2.24) is 14.9 Å². The summed E-state index contributed by atoms with van der Waals surface area (Å²) >= 11 is 0. The first-order valence-corrected chi connectivity index (χ1v) is 16.0. The Hall–Kier alpha value is -5.62. The van der Waals surface area contributed by atoms with Crippen molar-refractivity contribution >= 4 is 11.9 Å². The second kappa shape index (κ2) is 15.0. The van der Waals surface area contributed by atoms with Crippen LogP contribution < -0.4 is 26.0 Å². The van der Waals surface area contributed by atoms with Crippen LogP contribution in [-0.2, 0) is 24.7 Å². The lowest BCUT2D eigenvalue weighted by molar-refractivity contribution is -0.293. The summed E-state index contributed by atoms with van der Waals surface area (Å²) in [4.78, 5) is 50.5. The minimum absolute atomic E-state index is 0.0164. The number of ether oxygens (including phenoxy) is 4. The number of carboxylic acid groups (broad SMARTS) is 1. The second-order valence-electron chi connectivity index (χ2n) is 12.3. The van der Waals surface area contributed by atoms with E-state index in [0.717, 1.165) is 10.8 Å². The molecule has 18 heteroatoms. The molecule has 3 atom stereocenters. The number of carbonyl (C=O) groups is 2. The Balaban J connectivity index is 1.60. The van der Waals surface area contributed by atoms with E-state index in [2.05, 4.69) is 0 Å². The second-order valence-corrected chi connectivity index (χ2v) is 12.3. The molecular weight excluding hydrogens is 732 g/mol. The number of rotatable bonds is 14. The van der Waals surface area contributed by atoms with Crippen LogP contribution in [0.4, 0.5) is 26.3 Å². The predicted molar refractivity (Wildman–Crippen MR) is 177 cm³/mol. The minimum Gasteiger partial charge on any atom is -0.497 e. The molecule has 1 amide bonds. The minimum atomic E-state index is -6.68. The van der Waals surface area contributed by atoms with Gasteiger partial charge in [-0.3, -0.25) is 19.1 Å². The third kappa shape index (κ3) is 7.05. The molecule has 0 saturated carbocycles. The summed E-state index contributed by atoms with van der Waals surface area (Å²) in [7, 11) is 2.91. The van der Waals surface area contributed by atoms with Crippen molar-refractivity contribution in [3.63, 3.8) is 0 Å². The van der Waals surface area contributed by atoms with Gasteiger partial charge in [-0.15, -0.1) is 0 Å². The lowest BCUT2D eigenvalue weighted by atomic mass is 9.80. The number of hydrogen-bond donors (Lipinski definition) is 3. The number of carbonyl (C=O) groups excluding carboxylic acids is 1. The van der Waals surface area contributed by atoms with Gasteiger partial charge in [0.05, 0.1) is 26.9 Å². The molecule has 4 aromatic rings. The molecule has 288 valence electrons. The Kier molecular flexibility index (Phi) is 11.0. The van der Waals surface area contributed by atoms with Crippen LogP contribution >= 0.6 is 0 Å². The third-order valence-corrected chi connectivity index (χ3v) is 8.99. The van der Waals surface area contributed by atoms with E-state index in [1.54, 1.807) is 84.2 Å². The van der Waals surface area contributed by atoms with E-state index in [-0.39, 0.29) is 5.56 Å². The van der Waals surface area contributed by atoms with Crippen LogP contribution in [0.1, 0.15) is 34.9 Å². The maximum Gasteiger partial charge on any atom is 0.411 e. The number of hydrogen-bond acceptors (Lipinski definition) is 8. The molecule has 1 aliphatic rings. The molecule has 0 spiro atoms. The number of methoxy groups -OCH3 is 2. The molecule has 2 heterocycles. The topological polar surface area (TPSA) is 158 Å². The molecule has 1 aromatic heterocycles. The number of alkyl halides is 6. The van der Waals surface area contributed by atoms with Crippen molar-refractivity contribution in [2.24, 2.45) is 0 Å². The molecule has 12 nitrogen and oxygen atoms in total. The van der Waals surface area contributed by atoms with Crippen molar-refractivity contribution in [1.29, 1.82) is 0 Å². The number of benzene rings is 3. The number of carboxylic acids is 1. The molecule has 1 saturated heterocycles. The molecule has 3 aromatic carbocycles. The van der Waals surface area contributed by atoms with E-state index in [1.165, 1.54) is 21.1 Å². The number of H-pyrrole nitrogens is 1. The van der Waals surface area contributed by atoms with Gasteiger partial charge in [0, 0.05) is 18.2 Å². The normalized spacial score (nSPS) is 17.9. The number of aromatic nitrogens is 2. The first-order valence-electron chi connectivity index (χ1n) is 16.0. The Bertz CT molecular complexity index is 2040. The predicted octanol–water partition coefficient (Wildman–Crippen LogP) is 4.63. The van der Waals surface area contributed by atoms with Crippen molar-refractivity contribution < 1.29 is 60.0 Å². The molecule has 3 N–H and O–H groups in total. The number of nitrogens with one attached hydrogen (secondary N) is 2. The highest BCUT2D eigenvalue weighted by atomic mass is 19.3. The average Bonchev–Trinajstić information content (AvgIpc) is 3.55. The summed E-state index contributed by atoms with van der Waals surface area (Å²) in [5.74, 6) is -24.9. The Morgan fingerprint density at radius 2 is 1.37 bits per heavy atom. The molecule has 1 fully saturated rings. The number of aromatic amines is 1. The van der Waals surface area contributed by atoms with Gasteiger partial charge in [0.1, 0.15) is 29.4 Å². The highest BCUT2D eigenvalue weighted by Gasteiger charge is 2.78. The van der Waals surface area contributed by atoms with Gasteiger partial charge in [-0.1, -0.05) is 54.6 Å². The zero-order valence-corrected chi connectivity index (χ0v) is 28.7. The van der Waals surface area contributed by atoms with Gasteiger partial charge in [0.25, 0.3) is 11.5 Å². The highest BCUT2D eigenvalue weighted by Crippen LogP contribution is 2.47. The fourth-order valence-corrected chi connectivity index (χ4v) is 6.02. The van der Waals surface area contributed by atoms with E-state index in [9.17, 15) is 45.5 Å². The van der Waals surface area contributed by atoms with Crippen LogP contribution in [0.15, 0.2) is 94.6 Å². The quantitative estimate of drug-likeness (QED) is 0.123. The summed E-state index contributed by atoms with van der Waals surface area (Å²) in [5, 5.41) is 10.2. The van der Waals surface area contributed by atoms with Crippen molar-refractivity contribution in [3.05, 3.63) is 128 Å². The zero-order chi connectivity index (χ0) is 39.6. The Labute approximate surface area is 302 Å². The van der Waals surface area contributed by atoms with Gasteiger partial charge >= 0.3 is 29.4 Å². The summed E-state index contributed by atoms with van der Waals surface area (Å²) in [5.41, 5.74) is -1.83. The standard InChI is InChI=1S/C36H33F6N3O9/c1-20-18-45(32(50)44-29(20)46)28-17-26(43-30(47)34(37,38)36(41,42)35(39,40)31(48)49)27(54-28)19-53-33(21-7-5-4-6-8-21,22-9-13-24(51-2)14-10-22)23-11-15-25(52-3)16-12-23/h4-16,18,26-28H,17,19H2,1-3H3,(H,43,47)(H,48,49)(H,44,46,50)/t26-,27+,28+/m0/s1. The Morgan fingerprint density at radius 3 is 1.87 bits per heavy atom. The van der Waals surface area contributed by atoms with Gasteiger partial charge in [-0.25, -0.2) is 9.59 Å². The van der Waals surface area contributed by atoms with Gasteiger partial charge in [-0.2, -0.15) is 26.3 Å². The van der Waals surface area contributed by atoms with E-state index in [1.807, 2.05) is 4.98 Å². The largest absolute Gasteiger partial charge is 0.497 e. The molecular formula is C36H33F6N3O9. The molecule has 1 aliphatic heterocycles. The van der Waals surface area contributed by atoms with E-state index >= 15 is 0 Å². The van der Waals surface area contributed by atoms with Crippen molar-refractivity contribution in [2.45, 2.75) is 55.1 Å². The average molecular weight is 766 g/mol. The van der Waals surface area contributed by atoms with Crippen LogP contribution in [-0.4, -0.2) is 77.3 Å². The van der Waals surface area contributed by atoms with Crippen LogP contribution in [0.25, 0.3) is 0 Å². The fourth-order valence-electron chi connectivity index (χ4n) is 6.02. The van der Waals surface area contributed by atoms with E-state index < -0.39 is 77.9 Å². The van der Waals surface area contributed by atoms with E-state index in [4.69, 9.17) is 24.1 Å². The first-order chi connectivity index (χ1) is 25.4. The molecule has 0 bridgehead atoms. The SMILES string of the molecule is COc1ccc(C(OC[C@H]2O[C@@H](n3cc(C)c(=O)[nH]c3=O)C[C@@H]2NC(=O)C(F)(F)C(F)(F)C(F)(F)C(=O)O)(c2ccccc2)c2ccc(OC)cc2)cc1. The summed E-state index contributed by atoms with van der Waals surface area (Å²) in [6.45, 7) is 0.700.